The molecule has 2 aromatic rings. The van der Waals surface area contributed by atoms with E-state index >= 15 is 0 Å². The van der Waals surface area contributed by atoms with Crippen LogP contribution in [0.5, 0.6) is 5.06 Å². The van der Waals surface area contributed by atoms with Crippen LogP contribution in [0.4, 0.5) is 4.39 Å². The Morgan fingerprint density at radius 1 is 1.42 bits per heavy atom. The average Bonchev–Trinajstić information content (AvgIpc) is 2.31. The first-order valence-electron chi connectivity index (χ1n) is 3.25. The Kier molecular flexibility index (Phi) is 1.70. The van der Waals surface area contributed by atoms with Gasteiger partial charge in [-0.15, -0.1) is 0 Å². The lowest BCUT2D eigenvalue weighted by Gasteiger charge is -1.89. The van der Waals surface area contributed by atoms with Crippen molar-refractivity contribution in [3.63, 3.8) is 0 Å². The summed E-state index contributed by atoms with van der Waals surface area (Å²) < 4.78 is 13.5. The second-order valence-electron chi connectivity index (χ2n) is 2.36. The molecule has 62 valence electrons. The lowest BCUT2D eigenvalue weighted by molar-refractivity contribution is 0.491. The average molecular weight is 203 g/mol. The molecule has 0 atom stereocenters. The fourth-order valence-corrected chi connectivity index (χ4v) is 2.17. The maximum Gasteiger partial charge on any atom is 0.191 e. The van der Waals surface area contributed by atoms with Crippen LogP contribution in [0.25, 0.3) is 10.1 Å². The molecule has 0 amide bonds. The minimum Gasteiger partial charge on any atom is -0.498 e. The van der Waals surface area contributed by atoms with Crippen LogP contribution in [0.2, 0.25) is 5.02 Å². The molecule has 12 heavy (non-hydrogen) atoms. The summed E-state index contributed by atoms with van der Waals surface area (Å²) in [5.74, 6) is -0.345. The predicted molar refractivity (Wildman–Crippen MR) is 48.5 cm³/mol. The van der Waals surface area contributed by atoms with E-state index in [2.05, 4.69) is 0 Å². The lowest BCUT2D eigenvalue weighted by atomic mass is 10.2. The molecule has 0 aliphatic heterocycles. The van der Waals surface area contributed by atoms with E-state index in [1.165, 1.54) is 12.1 Å². The third kappa shape index (κ3) is 1.06. The van der Waals surface area contributed by atoms with Crippen LogP contribution in [0, 0.1) is 5.82 Å². The zero-order chi connectivity index (χ0) is 8.72. The van der Waals surface area contributed by atoms with E-state index in [4.69, 9.17) is 11.6 Å². The van der Waals surface area contributed by atoms with Crippen LogP contribution in [0.1, 0.15) is 0 Å². The minimum atomic E-state index is -0.345. The van der Waals surface area contributed by atoms with Crippen molar-refractivity contribution in [2.75, 3.05) is 0 Å². The quantitative estimate of drug-likeness (QED) is 0.694. The number of halogens is 2. The molecule has 0 spiro atoms. The maximum atomic E-state index is 12.7. The molecule has 1 heterocycles. The molecule has 0 saturated heterocycles. The fraction of sp³-hybridized carbons (Fsp3) is 0. The van der Waals surface area contributed by atoms with Gasteiger partial charge in [-0.25, -0.2) is 4.39 Å². The van der Waals surface area contributed by atoms with Crippen LogP contribution < -0.4 is 0 Å². The van der Waals surface area contributed by atoms with Crippen molar-refractivity contribution >= 4 is 33.0 Å². The molecule has 4 heteroatoms. The Morgan fingerprint density at radius 3 is 2.92 bits per heavy atom. The fourth-order valence-electron chi connectivity index (χ4n) is 1.03. The molecule has 2 rings (SSSR count). The third-order valence-electron chi connectivity index (χ3n) is 1.57. The van der Waals surface area contributed by atoms with Gasteiger partial charge in [0.05, 0.1) is 0 Å². The number of fused-ring (bicyclic) bond motifs is 1. The van der Waals surface area contributed by atoms with Gasteiger partial charge < -0.3 is 5.11 Å². The SMILES string of the molecule is Oc1sc2ccc(F)cc2c1Cl. The molecular formula is C8H4ClFOS. The van der Waals surface area contributed by atoms with Crippen molar-refractivity contribution in [2.45, 2.75) is 0 Å². The van der Waals surface area contributed by atoms with Crippen LogP contribution in [-0.4, -0.2) is 5.11 Å². The minimum absolute atomic E-state index is 0.0391. The highest BCUT2D eigenvalue weighted by atomic mass is 35.5. The summed E-state index contributed by atoms with van der Waals surface area (Å²) in [5, 5.41) is 10.0. The van der Waals surface area contributed by atoms with E-state index in [-0.39, 0.29) is 15.9 Å². The van der Waals surface area contributed by atoms with E-state index in [0.29, 0.717) is 5.39 Å². The van der Waals surface area contributed by atoms with Crippen LogP contribution in [-0.2, 0) is 0 Å². The Morgan fingerprint density at radius 2 is 2.17 bits per heavy atom. The van der Waals surface area contributed by atoms with Crippen molar-refractivity contribution in [3.05, 3.63) is 29.0 Å². The van der Waals surface area contributed by atoms with Crippen LogP contribution >= 0.6 is 22.9 Å². The largest absolute Gasteiger partial charge is 0.498 e. The van der Waals surface area contributed by atoms with Crippen molar-refractivity contribution in [3.8, 4) is 5.06 Å². The summed E-state index contributed by atoms with van der Waals surface area (Å²) in [6, 6.07) is 4.25. The number of thiophene rings is 1. The van der Waals surface area contributed by atoms with Gasteiger partial charge in [0.15, 0.2) is 5.06 Å². The molecule has 0 saturated carbocycles. The first-order valence-corrected chi connectivity index (χ1v) is 4.44. The van der Waals surface area contributed by atoms with E-state index in [0.717, 1.165) is 16.0 Å². The molecular weight excluding hydrogens is 199 g/mol. The summed E-state index contributed by atoms with van der Waals surface area (Å²) >= 11 is 6.85. The summed E-state index contributed by atoms with van der Waals surface area (Å²) in [4.78, 5) is 0. The summed E-state index contributed by atoms with van der Waals surface area (Å²) in [5.41, 5.74) is 0. The number of aromatic hydroxyl groups is 1. The van der Waals surface area contributed by atoms with Gasteiger partial charge in [-0.3, -0.25) is 0 Å². The highest BCUT2D eigenvalue weighted by Gasteiger charge is 2.08. The molecule has 1 N–H and O–H groups in total. The van der Waals surface area contributed by atoms with Gasteiger partial charge in [-0.05, 0) is 18.2 Å². The summed E-state index contributed by atoms with van der Waals surface area (Å²) in [6.45, 7) is 0. The summed E-state index contributed by atoms with van der Waals surface area (Å²) in [6.07, 6.45) is 0. The maximum absolute atomic E-state index is 12.7. The Balaban J connectivity index is 2.88. The van der Waals surface area contributed by atoms with Gasteiger partial charge in [0.25, 0.3) is 0 Å². The zero-order valence-corrected chi connectivity index (χ0v) is 7.42. The first kappa shape index (κ1) is 7.83. The van der Waals surface area contributed by atoms with Gasteiger partial charge in [-0.2, -0.15) is 0 Å². The van der Waals surface area contributed by atoms with Crippen molar-refractivity contribution in [2.24, 2.45) is 0 Å². The van der Waals surface area contributed by atoms with E-state index in [1.807, 2.05) is 0 Å². The first-order chi connectivity index (χ1) is 5.68. The predicted octanol–water partition coefficient (Wildman–Crippen LogP) is 3.40. The monoisotopic (exact) mass is 202 g/mol. The smallest absolute Gasteiger partial charge is 0.191 e. The highest BCUT2D eigenvalue weighted by molar-refractivity contribution is 7.21. The Hall–Kier alpha value is -0.800. The molecule has 0 aliphatic carbocycles. The Bertz CT molecular complexity index is 438. The molecule has 0 radical (unpaired) electrons. The molecule has 1 nitrogen and oxygen atoms in total. The number of benzene rings is 1. The van der Waals surface area contributed by atoms with Crippen molar-refractivity contribution in [1.82, 2.24) is 0 Å². The summed E-state index contributed by atoms with van der Waals surface area (Å²) in [7, 11) is 0. The van der Waals surface area contributed by atoms with Gasteiger partial charge in [0.1, 0.15) is 10.8 Å². The normalized spacial score (nSPS) is 10.8. The third-order valence-corrected chi connectivity index (χ3v) is 3.04. The number of rotatable bonds is 0. The van der Waals surface area contributed by atoms with Gasteiger partial charge >= 0.3 is 0 Å². The molecule has 0 bridgehead atoms. The van der Waals surface area contributed by atoms with Gasteiger partial charge in [-0.1, -0.05) is 22.9 Å². The molecule has 0 fully saturated rings. The van der Waals surface area contributed by atoms with Gasteiger partial charge in [0, 0.05) is 10.1 Å². The van der Waals surface area contributed by atoms with Crippen molar-refractivity contribution < 1.29 is 9.50 Å². The molecule has 0 unspecified atom stereocenters. The van der Waals surface area contributed by atoms with E-state index in [1.54, 1.807) is 6.07 Å². The Labute approximate surface area is 77.0 Å². The van der Waals surface area contributed by atoms with Crippen molar-refractivity contribution in [1.29, 1.82) is 0 Å². The van der Waals surface area contributed by atoms with Gasteiger partial charge in [0.2, 0.25) is 0 Å². The number of hydrogen-bond donors (Lipinski definition) is 1. The standard InChI is InChI=1S/C8H4ClFOS/c9-7-5-3-4(10)1-2-6(5)12-8(7)11/h1-3,11H. The van der Waals surface area contributed by atoms with Crippen LogP contribution in [0.15, 0.2) is 18.2 Å². The second kappa shape index (κ2) is 2.61. The number of hydrogen-bond acceptors (Lipinski definition) is 2. The topological polar surface area (TPSA) is 20.2 Å². The zero-order valence-electron chi connectivity index (χ0n) is 5.84. The highest BCUT2D eigenvalue weighted by Crippen LogP contribution is 2.40. The molecule has 1 aromatic heterocycles. The molecule has 1 aromatic carbocycles. The van der Waals surface area contributed by atoms with E-state index < -0.39 is 0 Å². The second-order valence-corrected chi connectivity index (χ2v) is 3.77. The van der Waals surface area contributed by atoms with E-state index in [9.17, 15) is 9.50 Å². The molecule has 0 aliphatic rings. The van der Waals surface area contributed by atoms with Crippen LogP contribution in [0.3, 0.4) is 0 Å². The lowest BCUT2D eigenvalue weighted by Crippen LogP contribution is -1.69.